The van der Waals surface area contributed by atoms with Gasteiger partial charge in [0.1, 0.15) is 9.75 Å². The lowest BCUT2D eigenvalue weighted by molar-refractivity contribution is -0.140. The third-order valence-electron chi connectivity index (χ3n) is 4.84. The molecule has 5 nitrogen and oxygen atoms in total. The summed E-state index contributed by atoms with van der Waals surface area (Å²) in [6.07, 6.45) is 0.223. The Balaban J connectivity index is 1.60. The SMILES string of the molecule is O=C(O)[C@]1(NS(=O)(=O)c2ccc(-c3ccc(Cl)cc3)s2)C[C@H]1c1ccccc1. The molecule has 0 aliphatic heterocycles. The average Bonchev–Trinajstić information content (AvgIpc) is 3.17. The van der Waals surface area contributed by atoms with E-state index in [2.05, 4.69) is 4.72 Å². The standard InChI is InChI=1S/C20H16ClNO4S2/c21-15-8-6-14(7-9-15)17-10-11-18(27-17)28(25,26)22-20(19(23)24)12-16(20)13-4-2-1-3-5-13/h1-11,16,22H,12H2,(H,23,24)/t16-,20-/m0/s1. The molecule has 1 aromatic heterocycles. The van der Waals surface area contributed by atoms with Crippen molar-refractivity contribution in [3.05, 3.63) is 77.3 Å². The van der Waals surface area contributed by atoms with Crippen LogP contribution in [0, 0.1) is 0 Å². The van der Waals surface area contributed by atoms with Crippen molar-refractivity contribution in [1.82, 2.24) is 4.72 Å². The van der Waals surface area contributed by atoms with Gasteiger partial charge in [0.15, 0.2) is 0 Å². The molecular formula is C20H16ClNO4S2. The topological polar surface area (TPSA) is 83.5 Å². The Kier molecular flexibility index (Phi) is 4.79. The number of carbonyl (C=O) groups is 1. The van der Waals surface area contributed by atoms with Gasteiger partial charge in [-0.2, -0.15) is 4.72 Å². The second-order valence-electron chi connectivity index (χ2n) is 6.67. The number of halogens is 1. The molecule has 28 heavy (non-hydrogen) atoms. The predicted octanol–water partition coefficient (Wildman–Crippen LogP) is 4.36. The summed E-state index contributed by atoms with van der Waals surface area (Å²) < 4.78 is 28.3. The Hall–Kier alpha value is -2.19. The van der Waals surface area contributed by atoms with Crippen LogP contribution in [0.3, 0.4) is 0 Å². The molecule has 3 aromatic rings. The Morgan fingerprint density at radius 1 is 1.07 bits per heavy atom. The molecule has 2 N–H and O–H groups in total. The van der Waals surface area contributed by atoms with Gasteiger partial charge < -0.3 is 5.11 Å². The molecule has 1 saturated carbocycles. The largest absolute Gasteiger partial charge is 0.480 e. The second kappa shape index (κ2) is 7.00. The van der Waals surface area contributed by atoms with E-state index in [-0.39, 0.29) is 10.6 Å². The summed E-state index contributed by atoms with van der Waals surface area (Å²) in [7, 11) is -3.98. The summed E-state index contributed by atoms with van der Waals surface area (Å²) >= 11 is 6.98. The summed E-state index contributed by atoms with van der Waals surface area (Å²) in [5.74, 6) is -1.56. The van der Waals surface area contributed by atoms with Crippen molar-refractivity contribution in [1.29, 1.82) is 0 Å². The molecule has 144 valence electrons. The number of hydrogen-bond acceptors (Lipinski definition) is 4. The molecule has 0 unspecified atom stereocenters. The highest BCUT2D eigenvalue weighted by molar-refractivity contribution is 7.91. The van der Waals surface area contributed by atoms with Crippen LogP contribution in [0.2, 0.25) is 5.02 Å². The number of hydrogen-bond donors (Lipinski definition) is 2. The zero-order chi connectivity index (χ0) is 19.9. The zero-order valence-electron chi connectivity index (χ0n) is 14.5. The molecule has 1 aliphatic carbocycles. The van der Waals surface area contributed by atoms with E-state index in [0.717, 1.165) is 27.3 Å². The molecule has 2 atom stereocenters. The van der Waals surface area contributed by atoms with Gasteiger partial charge in [-0.15, -0.1) is 11.3 Å². The van der Waals surface area contributed by atoms with Gasteiger partial charge in [-0.25, -0.2) is 8.42 Å². The fourth-order valence-electron chi connectivity index (χ4n) is 3.27. The van der Waals surface area contributed by atoms with Crippen molar-refractivity contribution in [3.63, 3.8) is 0 Å². The fraction of sp³-hybridized carbons (Fsp3) is 0.150. The van der Waals surface area contributed by atoms with Crippen LogP contribution in [0.15, 0.2) is 70.9 Å². The van der Waals surface area contributed by atoms with Gasteiger partial charge in [0.25, 0.3) is 10.0 Å². The quantitative estimate of drug-likeness (QED) is 0.605. The van der Waals surface area contributed by atoms with E-state index in [9.17, 15) is 18.3 Å². The van der Waals surface area contributed by atoms with Crippen molar-refractivity contribution >= 4 is 38.9 Å². The molecule has 8 heteroatoms. The average molecular weight is 434 g/mol. The van der Waals surface area contributed by atoms with Crippen molar-refractivity contribution in [2.75, 3.05) is 0 Å². The summed E-state index contributed by atoms with van der Waals surface area (Å²) in [4.78, 5) is 12.7. The van der Waals surface area contributed by atoms with Crippen LogP contribution in [-0.4, -0.2) is 25.0 Å². The number of rotatable bonds is 6. The van der Waals surface area contributed by atoms with Gasteiger partial charge >= 0.3 is 5.97 Å². The van der Waals surface area contributed by atoms with Crippen LogP contribution in [0.1, 0.15) is 17.9 Å². The lowest BCUT2D eigenvalue weighted by Crippen LogP contribution is -2.44. The maximum atomic E-state index is 12.9. The van der Waals surface area contributed by atoms with E-state index < -0.39 is 27.4 Å². The lowest BCUT2D eigenvalue weighted by Gasteiger charge is -2.14. The van der Waals surface area contributed by atoms with Crippen molar-refractivity contribution in [3.8, 4) is 10.4 Å². The molecule has 4 rings (SSSR count). The molecule has 1 heterocycles. The fourth-order valence-corrected chi connectivity index (χ4v) is 6.11. The highest BCUT2D eigenvalue weighted by Gasteiger charge is 2.63. The smallest absolute Gasteiger partial charge is 0.325 e. The number of thiophene rings is 1. The molecule has 0 saturated heterocycles. The minimum Gasteiger partial charge on any atom is -0.480 e. The number of nitrogens with one attached hydrogen (secondary N) is 1. The van der Waals surface area contributed by atoms with Crippen LogP contribution in [0.5, 0.6) is 0 Å². The number of sulfonamides is 1. The highest BCUT2D eigenvalue weighted by atomic mass is 35.5. The Morgan fingerprint density at radius 2 is 1.75 bits per heavy atom. The first-order valence-corrected chi connectivity index (χ1v) is 11.2. The predicted molar refractivity (Wildman–Crippen MR) is 109 cm³/mol. The number of aliphatic carboxylic acids is 1. The third-order valence-corrected chi connectivity index (χ3v) is 8.22. The summed E-state index contributed by atoms with van der Waals surface area (Å²) in [5.41, 5.74) is 0.142. The molecule has 0 bridgehead atoms. The van der Waals surface area contributed by atoms with E-state index in [1.807, 2.05) is 42.5 Å². The Bertz CT molecular complexity index is 1130. The van der Waals surface area contributed by atoms with Crippen LogP contribution >= 0.6 is 22.9 Å². The van der Waals surface area contributed by atoms with Gasteiger partial charge in [-0.1, -0.05) is 54.1 Å². The monoisotopic (exact) mass is 433 g/mol. The number of benzene rings is 2. The minimum atomic E-state index is -3.98. The summed E-state index contributed by atoms with van der Waals surface area (Å²) in [6.45, 7) is 0. The van der Waals surface area contributed by atoms with E-state index in [4.69, 9.17) is 11.6 Å². The maximum Gasteiger partial charge on any atom is 0.325 e. The van der Waals surface area contributed by atoms with Gasteiger partial charge in [-0.3, -0.25) is 4.79 Å². The van der Waals surface area contributed by atoms with Crippen LogP contribution < -0.4 is 4.72 Å². The summed E-state index contributed by atoms with van der Waals surface area (Å²) in [6, 6.07) is 19.4. The molecular weight excluding hydrogens is 418 g/mol. The van der Waals surface area contributed by atoms with Gasteiger partial charge in [0.05, 0.1) is 0 Å². The van der Waals surface area contributed by atoms with Crippen molar-refractivity contribution in [2.45, 2.75) is 22.1 Å². The van der Waals surface area contributed by atoms with Crippen molar-refractivity contribution in [2.24, 2.45) is 0 Å². The first kappa shape index (κ1) is 19.1. The number of carboxylic acids is 1. The van der Waals surface area contributed by atoms with Crippen LogP contribution in [0.4, 0.5) is 0 Å². The summed E-state index contributed by atoms with van der Waals surface area (Å²) in [5, 5.41) is 10.3. The first-order chi connectivity index (χ1) is 13.3. The zero-order valence-corrected chi connectivity index (χ0v) is 16.9. The number of carboxylic acid groups (broad SMARTS) is 1. The maximum absolute atomic E-state index is 12.9. The first-order valence-electron chi connectivity index (χ1n) is 8.50. The Morgan fingerprint density at radius 3 is 2.39 bits per heavy atom. The van der Waals surface area contributed by atoms with E-state index in [1.54, 1.807) is 18.2 Å². The van der Waals surface area contributed by atoms with E-state index in [0.29, 0.717) is 5.02 Å². The van der Waals surface area contributed by atoms with Crippen LogP contribution in [-0.2, 0) is 14.8 Å². The third kappa shape index (κ3) is 3.46. The molecule has 1 fully saturated rings. The minimum absolute atomic E-state index is 0.0804. The molecule has 1 aliphatic rings. The van der Waals surface area contributed by atoms with Gasteiger partial charge in [-0.05, 0) is 41.8 Å². The van der Waals surface area contributed by atoms with Gasteiger partial charge in [0, 0.05) is 15.8 Å². The van der Waals surface area contributed by atoms with E-state index in [1.165, 1.54) is 6.07 Å². The second-order valence-corrected chi connectivity index (χ2v) is 10.1. The van der Waals surface area contributed by atoms with Crippen molar-refractivity contribution < 1.29 is 18.3 Å². The van der Waals surface area contributed by atoms with Crippen LogP contribution in [0.25, 0.3) is 10.4 Å². The molecule has 0 amide bonds. The molecule has 0 spiro atoms. The normalized spacial score (nSPS) is 21.4. The molecule has 2 aromatic carbocycles. The molecule has 0 radical (unpaired) electrons. The van der Waals surface area contributed by atoms with E-state index >= 15 is 0 Å². The lowest BCUT2D eigenvalue weighted by atomic mass is 10.1. The van der Waals surface area contributed by atoms with Gasteiger partial charge in [0.2, 0.25) is 0 Å². The highest BCUT2D eigenvalue weighted by Crippen LogP contribution is 2.52. The Labute approximate surface area is 171 Å².